The van der Waals surface area contributed by atoms with Gasteiger partial charge >= 0.3 is 0 Å². The lowest BCUT2D eigenvalue weighted by Gasteiger charge is -2.34. The van der Waals surface area contributed by atoms with Crippen LogP contribution in [0.5, 0.6) is 0 Å². The van der Waals surface area contributed by atoms with Crippen LogP contribution in [0.25, 0.3) is 0 Å². The molecule has 0 aromatic heterocycles. The lowest BCUT2D eigenvalue weighted by molar-refractivity contribution is 0.251. The summed E-state index contributed by atoms with van der Waals surface area (Å²) in [7, 11) is 0. The standard InChI is InChI=1S/C23H46NO/c1-2-3-4-5-6-7-8-9-10-11-12-13-14-18-21-24(25)22-23-19-16-15-17-20-23/h23H,2-22H2,1H3/q-1. The van der Waals surface area contributed by atoms with Gasteiger partial charge in [0.25, 0.3) is 0 Å². The van der Waals surface area contributed by atoms with Crippen molar-refractivity contribution in [1.82, 2.24) is 5.06 Å². The van der Waals surface area contributed by atoms with E-state index >= 15 is 0 Å². The first-order valence-corrected chi connectivity index (χ1v) is 11.7. The Labute approximate surface area is 158 Å². The third-order valence-electron chi connectivity index (χ3n) is 5.95. The molecular formula is C23H46NO-. The van der Waals surface area contributed by atoms with Crippen LogP contribution in [-0.2, 0) is 0 Å². The minimum atomic E-state index is 0.692. The molecule has 0 aromatic carbocycles. The van der Waals surface area contributed by atoms with Crippen molar-refractivity contribution >= 4 is 0 Å². The molecule has 0 unspecified atom stereocenters. The molecule has 0 N–H and O–H groups in total. The quantitative estimate of drug-likeness (QED) is 0.197. The average molecular weight is 353 g/mol. The fraction of sp³-hybridized carbons (Fsp3) is 1.00. The van der Waals surface area contributed by atoms with Gasteiger partial charge in [-0.15, -0.1) is 0 Å². The zero-order chi connectivity index (χ0) is 18.0. The van der Waals surface area contributed by atoms with Crippen LogP contribution in [0.4, 0.5) is 0 Å². The highest BCUT2D eigenvalue weighted by atomic mass is 16.5. The summed E-state index contributed by atoms with van der Waals surface area (Å²) in [6.45, 7) is 3.86. The third kappa shape index (κ3) is 14.7. The predicted octanol–water partition coefficient (Wildman–Crippen LogP) is 7.85. The Bertz CT molecular complexity index is 263. The molecule has 2 nitrogen and oxygen atoms in total. The molecule has 0 radical (unpaired) electrons. The Hall–Kier alpha value is -0.0800. The monoisotopic (exact) mass is 352 g/mol. The van der Waals surface area contributed by atoms with Gasteiger partial charge in [-0.2, -0.15) is 0 Å². The lowest BCUT2D eigenvalue weighted by atomic mass is 9.89. The molecule has 1 aliphatic carbocycles. The smallest absolute Gasteiger partial charge is 0.0116 e. The van der Waals surface area contributed by atoms with Crippen molar-refractivity contribution in [3.8, 4) is 0 Å². The van der Waals surface area contributed by atoms with E-state index in [-0.39, 0.29) is 0 Å². The van der Waals surface area contributed by atoms with E-state index in [1.165, 1.54) is 121 Å². The zero-order valence-corrected chi connectivity index (χ0v) is 17.3. The summed E-state index contributed by atoms with van der Waals surface area (Å²) < 4.78 is 0. The molecule has 1 aliphatic rings. The maximum absolute atomic E-state index is 11.9. The van der Waals surface area contributed by atoms with Gasteiger partial charge in [-0.05, 0) is 38.3 Å². The Morgan fingerprint density at radius 2 is 1.08 bits per heavy atom. The summed E-state index contributed by atoms with van der Waals surface area (Å²) in [5.41, 5.74) is 0. The van der Waals surface area contributed by atoms with Crippen LogP contribution in [0.15, 0.2) is 0 Å². The van der Waals surface area contributed by atoms with E-state index in [9.17, 15) is 5.21 Å². The van der Waals surface area contributed by atoms with Crippen molar-refractivity contribution in [3.63, 3.8) is 0 Å². The summed E-state index contributed by atoms with van der Waals surface area (Å²) in [6.07, 6.45) is 26.0. The first-order valence-electron chi connectivity index (χ1n) is 11.7. The highest BCUT2D eigenvalue weighted by Gasteiger charge is 2.13. The summed E-state index contributed by atoms with van der Waals surface area (Å²) in [5, 5.41) is 13.3. The molecule has 0 heterocycles. The first-order chi connectivity index (χ1) is 12.3. The lowest BCUT2D eigenvalue weighted by Crippen LogP contribution is -2.26. The molecule has 0 saturated heterocycles. The Morgan fingerprint density at radius 3 is 1.56 bits per heavy atom. The second-order valence-corrected chi connectivity index (χ2v) is 8.49. The summed E-state index contributed by atoms with van der Waals surface area (Å²) in [6, 6.07) is 0. The van der Waals surface area contributed by atoms with Gasteiger partial charge in [0.2, 0.25) is 0 Å². The van der Waals surface area contributed by atoms with Gasteiger partial charge in [-0.3, -0.25) is 0 Å². The van der Waals surface area contributed by atoms with Crippen LogP contribution < -0.4 is 0 Å². The van der Waals surface area contributed by atoms with Crippen LogP contribution >= 0.6 is 0 Å². The van der Waals surface area contributed by atoms with Gasteiger partial charge in [0.1, 0.15) is 0 Å². The van der Waals surface area contributed by atoms with Gasteiger partial charge in [0.05, 0.1) is 0 Å². The summed E-state index contributed by atoms with van der Waals surface area (Å²) >= 11 is 0. The van der Waals surface area contributed by atoms with E-state index in [2.05, 4.69) is 6.92 Å². The van der Waals surface area contributed by atoms with Gasteiger partial charge in [0, 0.05) is 0 Å². The fourth-order valence-corrected chi connectivity index (χ4v) is 4.23. The Balaban J connectivity index is 1.74. The van der Waals surface area contributed by atoms with Crippen LogP contribution in [0, 0.1) is 11.1 Å². The zero-order valence-electron chi connectivity index (χ0n) is 17.3. The first kappa shape index (κ1) is 23.0. The topological polar surface area (TPSA) is 26.3 Å². The maximum Gasteiger partial charge on any atom is -0.0116 e. The van der Waals surface area contributed by atoms with Gasteiger partial charge in [-0.25, -0.2) is 0 Å². The van der Waals surface area contributed by atoms with Crippen molar-refractivity contribution in [2.75, 3.05) is 13.1 Å². The SMILES string of the molecule is CCCCCCCCCCCCCCCCN([O-])CC1CCCCC1. The van der Waals surface area contributed by atoms with Gasteiger partial charge in [-0.1, -0.05) is 110 Å². The van der Waals surface area contributed by atoms with Crippen molar-refractivity contribution in [3.05, 3.63) is 5.21 Å². The number of nitrogens with zero attached hydrogens (tertiary/aromatic N) is 1. The number of rotatable bonds is 17. The molecule has 0 spiro atoms. The molecule has 0 atom stereocenters. The minimum Gasteiger partial charge on any atom is -0.785 e. The number of hydrogen-bond acceptors (Lipinski definition) is 2. The molecule has 1 rings (SSSR count). The second-order valence-electron chi connectivity index (χ2n) is 8.49. The number of hydroxylamine groups is 2. The van der Waals surface area contributed by atoms with Crippen molar-refractivity contribution in [1.29, 1.82) is 0 Å². The van der Waals surface area contributed by atoms with E-state index in [0.717, 1.165) is 19.5 Å². The predicted molar refractivity (Wildman–Crippen MR) is 112 cm³/mol. The third-order valence-corrected chi connectivity index (χ3v) is 5.95. The molecular weight excluding hydrogens is 306 g/mol. The Morgan fingerprint density at radius 1 is 0.640 bits per heavy atom. The van der Waals surface area contributed by atoms with E-state index < -0.39 is 0 Å². The average Bonchev–Trinajstić information content (AvgIpc) is 2.63. The summed E-state index contributed by atoms with van der Waals surface area (Å²) in [4.78, 5) is 0. The molecule has 0 amide bonds. The van der Waals surface area contributed by atoms with E-state index in [1.54, 1.807) is 0 Å². The highest BCUT2D eigenvalue weighted by molar-refractivity contribution is 4.70. The molecule has 0 bridgehead atoms. The van der Waals surface area contributed by atoms with Crippen molar-refractivity contribution in [2.24, 2.45) is 5.92 Å². The van der Waals surface area contributed by atoms with Gasteiger partial charge < -0.3 is 10.3 Å². The fourth-order valence-electron chi connectivity index (χ4n) is 4.23. The number of hydrogen-bond donors (Lipinski definition) is 0. The highest BCUT2D eigenvalue weighted by Crippen LogP contribution is 2.24. The summed E-state index contributed by atoms with van der Waals surface area (Å²) in [5.74, 6) is 0.692. The van der Waals surface area contributed by atoms with Crippen LogP contribution in [0.3, 0.4) is 0 Å². The largest absolute Gasteiger partial charge is 0.785 e. The second kappa shape index (κ2) is 17.3. The van der Waals surface area contributed by atoms with E-state index in [1.807, 2.05) is 0 Å². The molecule has 1 saturated carbocycles. The number of unbranched alkanes of at least 4 members (excludes halogenated alkanes) is 13. The normalized spacial score (nSPS) is 16.0. The van der Waals surface area contributed by atoms with Gasteiger partial charge in [0.15, 0.2) is 0 Å². The molecule has 0 aliphatic heterocycles. The molecule has 0 aromatic rings. The van der Waals surface area contributed by atoms with E-state index in [0.29, 0.717) is 5.92 Å². The van der Waals surface area contributed by atoms with Crippen LogP contribution in [0.2, 0.25) is 0 Å². The molecule has 1 fully saturated rings. The Kier molecular flexibility index (Phi) is 15.9. The van der Waals surface area contributed by atoms with E-state index in [4.69, 9.17) is 0 Å². The minimum absolute atomic E-state index is 0.692. The van der Waals surface area contributed by atoms with Crippen molar-refractivity contribution in [2.45, 2.75) is 129 Å². The van der Waals surface area contributed by atoms with Crippen LogP contribution in [-0.4, -0.2) is 18.2 Å². The van der Waals surface area contributed by atoms with Crippen molar-refractivity contribution < 1.29 is 0 Å². The maximum atomic E-state index is 11.9. The molecule has 150 valence electrons. The van der Waals surface area contributed by atoms with Crippen LogP contribution in [0.1, 0.15) is 129 Å². The molecule has 2 heteroatoms. The molecule has 25 heavy (non-hydrogen) atoms.